The number of hydrogen-bond acceptors (Lipinski definition) is 5. The number of nitriles is 1. The Bertz CT molecular complexity index is 1580. The van der Waals surface area contributed by atoms with Gasteiger partial charge in [0.2, 0.25) is 5.88 Å². The van der Waals surface area contributed by atoms with Crippen LogP contribution in [0.4, 0.5) is 4.79 Å². The highest BCUT2D eigenvalue weighted by atomic mass is 16.7. The van der Waals surface area contributed by atoms with Gasteiger partial charge in [0.05, 0.1) is 29.3 Å². The first-order valence-corrected chi connectivity index (χ1v) is 18.1. The molecule has 0 fully saturated rings. The number of unbranched alkanes of at least 4 members (excludes halogenated alkanes) is 14. The van der Waals surface area contributed by atoms with E-state index in [-0.39, 0.29) is 18.3 Å². The number of carbonyl (C=O) groups is 2. The lowest BCUT2D eigenvalue weighted by Crippen LogP contribution is -2.16. The van der Waals surface area contributed by atoms with Crippen LogP contribution in [0.2, 0.25) is 0 Å². The Kier molecular flexibility index (Phi) is 15.8. The highest BCUT2D eigenvalue weighted by Crippen LogP contribution is 2.35. The standard InChI is InChI=1S/C42H52N2O4/c1-2-3-4-5-6-7-8-9-10-11-12-13-14-15-19-26-39(45)40-37-24-20-21-25-38(37)44(32-35-29-27-34(31-43)28-30-35)41(40)48-42(46)47-33-36-22-17-16-18-23-36/h16-18,20-25,27-30H,2-15,19,26,32-33H2,1H3. The summed E-state index contributed by atoms with van der Waals surface area (Å²) < 4.78 is 13.2. The predicted octanol–water partition coefficient (Wildman–Crippen LogP) is 11.7. The van der Waals surface area contributed by atoms with Crippen molar-refractivity contribution < 1.29 is 19.1 Å². The predicted molar refractivity (Wildman–Crippen MR) is 193 cm³/mol. The number of nitrogens with zero attached hydrogens (tertiary/aromatic N) is 2. The summed E-state index contributed by atoms with van der Waals surface area (Å²) in [6.07, 6.45) is 18.5. The molecule has 4 aromatic rings. The van der Waals surface area contributed by atoms with Gasteiger partial charge in [-0.15, -0.1) is 0 Å². The van der Waals surface area contributed by atoms with Crippen LogP contribution < -0.4 is 4.74 Å². The average Bonchev–Trinajstić information content (AvgIpc) is 3.41. The zero-order valence-corrected chi connectivity index (χ0v) is 28.8. The van der Waals surface area contributed by atoms with Crippen molar-refractivity contribution in [1.82, 2.24) is 4.57 Å². The van der Waals surface area contributed by atoms with Crippen LogP contribution in [0.15, 0.2) is 78.9 Å². The summed E-state index contributed by atoms with van der Waals surface area (Å²) in [6, 6.07) is 26.5. The minimum absolute atomic E-state index is 0.0367. The third kappa shape index (κ3) is 11.7. The molecule has 0 spiro atoms. The Balaban J connectivity index is 1.34. The first kappa shape index (κ1) is 36.5. The summed E-state index contributed by atoms with van der Waals surface area (Å²) in [6.45, 7) is 2.70. The number of benzene rings is 3. The lowest BCUT2D eigenvalue weighted by molar-refractivity contribution is 0.0885. The number of ketones is 1. The molecule has 0 amide bonds. The van der Waals surface area contributed by atoms with Gasteiger partial charge in [-0.2, -0.15) is 5.26 Å². The van der Waals surface area contributed by atoms with Gasteiger partial charge in [0.1, 0.15) is 6.61 Å². The molecule has 0 radical (unpaired) electrons. The van der Waals surface area contributed by atoms with E-state index in [0.717, 1.165) is 41.3 Å². The molecule has 3 aromatic carbocycles. The van der Waals surface area contributed by atoms with E-state index in [4.69, 9.17) is 9.47 Å². The van der Waals surface area contributed by atoms with Gasteiger partial charge < -0.3 is 14.0 Å². The van der Waals surface area contributed by atoms with Gasteiger partial charge in [-0.05, 0) is 35.7 Å². The molecule has 6 heteroatoms. The minimum Gasteiger partial charge on any atom is -0.429 e. The van der Waals surface area contributed by atoms with Crippen molar-refractivity contribution in [2.75, 3.05) is 0 Å². The maximum Gasteiger partial charge on any atom is 0.515 e. The number of rotatable bonds is 22. The van der Waals surface area contributed by atoms with E-state index in [1.54, 1.807) is 12.1 Å². The van der Waals surface area contributed by atoms with Gasteiger partial charge in [-0.3, -0.25) is 4.79 Å². The van der Waals surface area contributed by atoms with Crippen LogP contribution in [0.3, 0.4) is 0 Å². The van der Waals surface area contributed by atoms with Crippen molar-refractivity contribution >= 4 is 22.8 Å². The fourth-order valence-corrected chi connectivity index (χ4v) is 6.29. The van der Waals surface area contributed by atoms with Crippen molar-refractivity contribution in [3.05, 3.63) is 101 Å². The van der Waals surface area contributed by atoms with Crippen LogP contribution in [0.25, 0.3) is 10.9 Å². The number of Topliss-reactive ketones (excluding diaryl/α,β-unsaturated/α-hetero) is 1. The van der Waals surface area contributed by atoms with Crippen LogP contribution in [0.1, 0.15) is 137 Å². The molecular weight excluding hydrogens is 596 g/mol. The molecule has 0 unspecified atom stereocenters. The maximum atomic E-state index is 13.8. The Morgan fingerprint density at radius 2 is 1.23 bits per heavy atom. The zero-order chi connectivity index (χ0) is 33.8. The van der Waals surface area contributed by atoms with E-state index in [0.29, 0.717) is 24.1 Å². The molecule has 0 aliphatic heterocycles. The van der Waals surface area contributed by atoms with Gasteiger partial charge in [0.15, 0.2) is 5.78 Å². The molecule has 0 saturated carbocycles. The highest BCUT2D eigenvalue weighted by Gasteiger charge is 2.26. The van der Waals surface area contributed by atoms with E-state index >= 15 is 0 Å². The Hall–Kier alpha value is -4.37. The molecule has 48 heavy (non-hydrogen) atoms. The summed E-state index contributed by atoms with van der Waals surface area (Å²) in [5.74, 6) is 0.162. The minimum atomic E-state index is -0.858. The normalized spacial score (nSPS) is 11.0. The van der Waals surface area contributed by atoms with Gasteiger partial charge >= 0.3 is 6.16 Å². The molecule has 0 aliphatic rings. The van der Waals surface area contributed by atoms with E-state index in [9.17, 15) is 14.9 Å². The molecule has 0 saturated heterocycles. The van der Waals surface area contributed by atoms with E-state index in [2.05, 4.69) is 13.0 Å². The van der Waals surface area contributed by atoms with Gasteiger partial charge in [-0.25, -0.2) is 4.79 Å². The van der Waals surface area contributed by atoms with Gasteiger partial charge in [-0.1, -0.05) is 157 Å². The fourth-order valence-electron chi connectivity index (χ4n) is 6.29. The third-order valence-electron chi connectivity index (χ3n) is 9.01. The van der Waals surface area contributed by atoms with Crippen LogP contribution in [0.5, 0.6) is 5.88 Å². The van der Waals surface area contributed by atoms with Crippen LogP contribution in [0, 0.1) is 11.3 Å². The third-order valence-corrected chi connectivity index (χ3v) is 9.01. The van der Waals surface area contributed by atoms with Crippen LogP contribution >= 0.6 is 0 Å². The van der Waals surface area contributed by atoms with Crippen molar-refractivity contribution in [2.45, 2.75) is 123 Å². The summed E-state index contributed by atoms with van der Waals surface area (Å²) in [5.41, 5.74) is 3.54. The average molecular weight is 649 g/mol. The Labute approximate surface area is 287 Å². The summed E-state index contributed by atoms with van der Waals surface area (Å²) in [4.78, 5) is 26.9. The topological polar surface area (TPSA) is 81.3 Å². The van der Waals surface area contributed by atoms with E-state index in [1.165, 1.54) is 77.0 Å². The molecule has 0 bridgehead atoms. The summed E-state index contributed by atoms with van der Waals surface area (Å²) >= 11 is 0. The lowest BCUT2D eigenvalue weighted by Gasteiger charge is -2.13. The van der Waals surface area contributed by atoms with Crippen molar-refractivity contribution in [1.29, 1.82) is 5.26 Å². The monoisotopic (exact) mass is 648 g/mol. The number of ether oxygens (including phenoxy) is 2. The first-order valence-electron chi connectivity index (χ1n) is 18.1. The smallest absolute Gasteiger partial charge is 0.429 e. The number of fused-ring (bicyclic) bond motifs is 1. The quantitative estimate of drug-likeness (QED) is 0.0481. The summed E-state index contributed by atoms with van der Waals surface area (Å²) in [7, 11) is 0. The molecule has 4 rings (SSSR count). The number of para-hydroxylation sites is 1. The molecule has 254 valence electrons. The zero-order valence-electron chi connectivity index (χ0n) is 28.8. The number of aromatic nitrogens is 1. The summed E-state index contributed by atoms with van der Waals surface area (Å²) in [5, 5.41) is 9.99. The maximum absolute atomic E-state index is 13.8. The number of carbonyl (C=O) groups excluding carboxylic acids is 2. The highest BCUT2D eigenvalue weighted by molar-refractivity contribution is 6.11. The Morgan fingerprint density at radius 3 is 1.83 bits per heavy atom. The molecule has 0 aliphatic carbocycles. The van der Waals surface area contributed by atoms with Gasteiger partial charge in [0, 0.05) is 11.8 Å². The SMILES string of the molecule is CCCCCCCCCCCCCCCCCC(=O)c1c(OC(=O)OCc2ccccc2)n(Cc2ccc(C#N)cc2)c2ccccc12. The fraction of sp³-hybridized carbons (Fsp3) is 0.452. The number of hydrogen-bond donors (Lipinski definition) is 0. The molecule has 0 atom stereocenters. The second-order valence-electron chi connectivity index (χ2n) is 12.8. The van der Waals surface area contributed by atoms with Crippen molar-refractivity contribution in [3.8, 4) is 11.9 Å². The first-order chi connectivity index (χ1) is 23.6. The van der Waals surface area contributed by atoms with Crippen LogP contribution in [-0.4, -0.2) is 16.5 Å². The van der Waals surface area contributed by atoms with Crippen molar-refractivity contribution in [2.24, 2.45) is 0 Å². The van der Waals surface area contributed by atoms with Crippen molar-refractivity contribution in [3.63, 3.8) is 0 Å². The lowest BCUT2D eigenvalue weighted by atomic mass is 10.0. The molecule has 6 nitrogen and oxygen atoms in total. The molecular formula is C42H52N2O4. The van der Waals surface area contributed by atoms with Gasteiger partial charge in [0.25, 0.3) is 0 Å². The van der Waals surface area contributed by atoms with E-state index < -0.39 is 6.16 Å². The molecule has 1 aromatic heterocycles. The largest absolute Gasteiger partial charge is 0.515 e. The van der Waals surface area contributed by atoms with Crippen LogP contribution in [-0.2, 0) is 17.9 Å². The second-order valence-corrected chi connectivity index (χ2v) is 12.8. The second kappa shape index (κ2) is 20.8. The molecule has 0 N–H and O–H groups in total. The van der Waals surface area contributed by atoms with E-state index in [1.807, 2.05) is 71.3 Å². The molecule has 1 heterocycles. The Morgan fingerprint density at radius 1 is 0.667 bits per heavy atom.